The fraction of sp³-hybridized carbons (Fsp3) is 0.182. The molecule has 0 radical (unpaired) electrons. The Balaban J connectivity index is 1.91. The number of aryl methyl sites for hydroxylation is 3. The second kappa shape index (κ2) is 6.74. The highest BCUT2D eigenvalue weighted by Gasteiger charge is 2.17. The van der Waals surface area contributed by atoms with Crippen LogP contribution in [-0.2, 0) is 6.54 Å². The predicted octanol–water partition coefficient (Wildman–Crippen LogP) is 5.24. The van der Waals surface area contributed by atoms with Crippen LogP contribution in [0.2, 0.25) is 0 Å². The summed E-state index contributed by atoms with van der Waals surface area (Å²) < 4.78 is 15.2. The van der Waals surface area contributed by atoms with Crippen molar-refractivity contribution in [2.24, 2.45) is 0 Å². The first-order valence-corrected chi connectivity index (χ1v) is 9.62. The lowest BCUT2D eigenvalue weighted by Gasteiger charge is -2.11. The Morgan fingerprint density at radius 3 is 2.63 bits per heavy atom. The van der Waals surface area contributed by atoms with E-state index in [0.29, 0.717) is 17.8 Å². The van der Waals surface area contributed by atoms with Crippen molar-refractivity contribution in [3.63, 3.8) is 0 Å². The predicted molar refractivity (Wildman–Crippen MR) is 109 cm³/mol. The van der Waals surface area contributed by atoms with Gasteiger partial charge in [-0.2, -0.15) is 0 Å². The number of thiophene rings is 1. The molecule has 0 fully saturated rings. The SMILES string of the molecule is Cc1ccc(-c2csc3nc(C)n(Cc4cccc(F)c4)c(=O)c23)c(C)c1. The van der Waals surface area contributed by atoms with Crippen molar-refractivity contribution in [3.05, 3.63) is 86.5 Å². The van der Waals surface area contributed by atoms with Crippen LogP contribution >= 0.6 is 11.3 Å². The van der Waals surface area contributed by atoms with Crippen LogP contribution in [0.5, 0.6) is 0 Å². The average molecular weight is 378 g/mol. The first-order chi connectivity index (χ1) is 12.9. The van der Waals surface area contributed by atoms with E-state index >= 15 is 0 Å². The van der Waals surface area contributed by atoms with Crippen LogP contribution in [0, 0.1) is 26.6 Å². The maximum Gasteiger partial charge on any atom is 0.263 e. The van der Waals surface area contributed by atoms with Gasteiger partial charge in [-0.15, -0.1) is 11.3 Å². The summed E-state index contributed by atoms with van der Waals surface area (Å²) in [6.07, 6.45) is 0. The molecule has 0 N–H and O–H groups in total. The molecule has 3 nitrogen and oxygen atoms in total. The molecule has 0 spiro atoms. The molecule has 27 heavy (non-hydrogen) atoms. The molecular formula is C22H19FN2OS. The molecule has 2 heterocycles. The highest BCUT2D eigenvalue weighted by atomic mass is 32.1. The standard InChI is InChI=1S/C22H19FN2OS/c1-13-7-8-18(14(2)9-13)19-12-27-21-20(19)22(26)25(15(3)24-21)11-16-5-4-6-17(23)10-16/h4-10,12H,11H2,1-3H3. The van der Waals surface area contributed by atoms with Crippen LogP contribution in [0.25, 0.3) is 21.3 Å². The third kappa shape index (κ3) is 3.19. The molecule has 4 aromatic rings. The number of nitrogens with zero attached hydrogens (tertiary/aromatic N) is 2. The zero-order valence-corrected chi connectivity index (χ0v) is 16.2. The van der Waals surface area contributed by atoms with Gasteiger partial charge in [0, 0.05) is 10.9 Å². The Morgan fingerprint density at radius 2 is 1.89 bits per heavy atom. The average Bonchev–Trinajstić information content (AvgIpc) is 3.02. The number of hydrogen-bond acceptors (Lipinski definition) is 3. The zero-order valence-electron chi connectivity index (χ0n) is 15.4. The van der Waals surface area contributed by atoms with Crippen LogP contribution < -0.4 is 5.56 Å². The van der Waals surface area contributed by atoms with Gasteiger partial charge in [0.05, 0.1) is 11.9 Å². The van der Waals surface area contributed by atoms with E-state index in [9.17, 15) is 9.18 Å². The molecule has 0 bridgehead atoms. The van der Waals surface area contributed by atoms with E-state index in [1.807, 2.05) is 18.4 Å². The maximum atomic E-state index is 13.5. The summed E-state index contributed by atoms with van der Waals surface area (Å²) in [6, 6.07) is 12.6. The molecule has 2 aromatic heterocycles. The van der Waals surface area contributed by atoms with Crippen molar-refractivity contribution < 1.29 is 4.39 Å². The van der Waals surface area contributed by atoms with E-state index in [1.165, 1.54) is 29.0 Å². The van der Waals surface area contributed by atoms with Gasteiger partial charge in [0.2, 0.25) is 0 Å². The molecule has 0 atom stereocenters. The molecule has 2 aromatic carbocycles. The normalized spacial score (nSPS) is 11.3. The van der Waals surface area contributed by atoms with Gasteiger partial charge in [0.15, 0.2) is 0 Å². The number of halogens is 1. The smallest absolute Gasteiger partial charge is 0.263 e. The summed E-state index contributed by atoms with van der Waals surface area (Å²) in [5, 5.41) is 2.64. The van der Waals surface area contributed by atoms with E-state index in [2.05, 4.69) is 37.0 Å². The number of benzene rings is 2. The van der Waals surface area contributed by atoms with E-state index in [0.717, 1.165) is 27.1 Å². The van der Waals surface area contributed by atoms with Crippen LogP contribution in [0.15, 0.2) is 52.6 Å². The highest BCUT2D eigenvalue weighted by Crippen LogP contribution is 2.33. The number of rotatable bonds is 3. The van der Waals surface area contributed by atoms with Crippen LogP contribution in [0.3, 0.4) is 0 Å². The third-order valence-electron chi connectivity index (χ3n) is 4.79. The summed E-state index contributed by atoms with van der Waals surface area (Å²) in [5.74, 6) is 0.324. The van der Waals surface area contributed by atoms with Gasteiger partial charge in [-0.1, -0.05) is 35.9 Å². The van der Waals surface area contributed by atoms with Gasteiger partial charge in [-0.25, -0.2) is 9.37 Å². The van der Waals surface area contributed by atoms with Gasteiger partial charge in [0.25, 0.3) is 5.56 Å². The molecule has 0 amide bonds. The second-order valence-corrected chi connectivity index (χ2v) is 7.69. The highest BCUT2D eigenvalue weighted by molar-refractivity contribution is 7.17. The Kier molecular flexibility index (Phi) is 4.40. The van der Waals surface area contributed by atoms with E-state index in [4.69, 9.17) is 0 Å². The van der Waals surface area contributed by atoms with Crippen molar-refractivity contribution in [2.75, 3.05) is 0 Å². The molecule has 4 rings (SSSR count). The quantitative estimate of drug-likeness (QED) is 0.489. The van der Waals surface area contributed by atoms with Crippen LogP contribution in [0.4, 0.5) is 4.39 Å². The first kappa shape index (κ1) is 17.6. The number of aromatic nitrogens is 2. The van der Waals surface area contributed by atoms with Crippen LogP contribution in [0.1, 0.15) is 22.5 Å². The summed E-state index contributed by atoms with van der Waals surface area (Å²) in [7, 11) is 0. The summed E-state index contributed by atoms with van der Waals surface area (Å²) in [5.41, 5.74) is 4.94. The van der Waals surface area contributed by atoms with Crippen molar-refractivity contribution in [3.8, 4) is 11.1 Å². The van der Waals surface area contributed by atoms with Crippen molar-refractivity contribution in [2.45, 2.75) is 27.3 Å². The molecule has 0 unspecified atom stereocenters. The zero-order chi connectivity index (χ0) is 19.1. The Labute approximate surface area is 160 Å². The molecule has 136 valence electrons. The van der Waals surface area contributed by atoms with E-state index in [-0.39, 0.29) is 11.4 Å². The van der Waals surface area contributed by atoms with Crippen LogP contribution in [-0.4, -0.2) is 9.55 Å². The lowest BCUT2D eigenvalue weighted by atomic mass is 9.99. The second-order valence-electron chi connectivity index (χ2n) is 6.83. The van der Waals surface area contributed by atoms with Gasteiger partial charge in [-0.3, -0.25) is 9.36 Å². The molecular weight excluding hydrogens is 359 g/mol. The molecule has 5 heteroatoms. The Bertz CT molecular complexity index is 1220. The van der Waals surface area contributed by atoms with Gasteiger partial charge < -0.3 is 0 Å². The fourth-order valence-electron chi connectivity index (χ4n) is 3.44. The topological polar surface area (TPSA) is 34.9 Å². The Morgan fingerprint density at radius 1 is 1.07 bits per heavy atom. The number of fused-ring (bicyclic) bond motifs is 1. The molecule has 0 aliphatic carbocycles. The maximum absolute atomic E-state index is 13.5. The van der Waals surface area contributed by atoms with Crippen molar-refractivity contribution in [1.29, 1.82) is 0 Å². The lowest BCUT2D eigenvalue weighted by Crippen LogP contribution is -2.24. The number of hydrogen-bond donors (Lipinski definition) is 0. The van der Waals surface area contributed by atoms with E-state index in [1.54, 1.807) is 10.6 Å². The summed E-state index contributed by atoms with van der Waals surface area (Å²) >= 11 is 1.48. The molecule has 0 aliphatic heterocycles. The van der Waals surface area contributed by atoms with Crippen molar-refractivity contribution >= 4 is 21.6 Å². The minimum absolute atomic E-state index is 0.0852. The van der Waals surface area contributed by atoms with Gasteiger partial charge in [-0.05, 0) is 49.6 Å². The minimum Gasteiger partial charge on any atom is -0.292 e. The summed E-state index contributed by atoms with van der Waals surface area (Å²) in [6.45, 7) is 6.22. The minimum atomic E-state index is -0.307. The third-order valence-corrected chi connectivity index (χ3v) is 5.66. The van der Waals surface area contributed by atoms with Gasteiger partial charge in [0.1, 0.15) is 16.5 Å². The lowest BCUT2D eigenvalue weighted by molar-refractivity contribution is 0.621. The first-order valence-electron chi connectivity index (χ1n) is 8.75. The monoisotopic (exact) mass is 378 g/mol. The molecule has 0 saturated carbocycles. The Hall–Kier alpha value is -2.79. The summed E-state index contributed by atoms with van der Waals surface area (Å²) in [4.78, 5) is 18.7. The largest absolute Gasteiger partial charge is 0.292 e. The van der Waals surface area contributed by atoms with E-state index < -0.39 is 0 Å². The molecule has 0 saturated heterocycles. The molecule has 0 aliphatic rings. The van der Waals surface area contributed by atoms with Crippen molar-refractivity contribution in [1.82, 2.24) is 9.55 Å². The van der Waals surface area contributed by atoms with Gasteiger partial charge >= 0.3 is 0 Å². The fourth-order valence-corrected chi connectivity index (χ4v) is 4.42.